The van der Waals surface area contributed by atoms with E-state index < -0.39 is 0 Å². The molecule has 19 heavy (non-hydrogen) atoms. The Morgan fingerprint density at radius 3 is 3.16 bits per heavy atom. The van der Waals surface area contributed by atoms with E-state index in [1.165, 1.54) is 12.0 Å². The van der Waals surface area contributed by atoms with Crippen LogP contribution in [-0.2, 0) is 4.74 Å². The highest BCUT2D eigenvalue weighted by atomic mass is 16.5. The lowest BCUT2D eigenvalue weighted by Crippen LogP contribution is -2.19. The Bertz CT molecular complexity index is 418. The van der Waals surface area contributed by atoms with E-state index in [1.807, 2.05) is 12.4 Å². The summed E-state index contributed by atoms with van der Waals surface area (Å²) >= 11 is 0. The molecule has 1 N–H and O–H groups in total. The first-order valence-electron chi connectivity index (χ1n) is 7.18. The summed E-state index contributed by atoms with van der Waals surface area (Å²) in [5.74, 6) is 2.35. The molecule has 1 aromatic heterocycles. The molecule has 104 valence electrons. The van der Waals surface area contributed by atoms with E-state index in [2.05, 4.69) is 16.4 Å². The van der Waals surface area contributed by atoms with Crippen molar-refractivity contribution in [3.05, 3.63) is 24.0 Å². The maximum atomic E-state index is 5.96. The Balaban J connectivity index is 1.57. The lowest BCUT2D eigenvalue weighted by molar-refractivity contribution is 0.189. The molecule has 1 aromatic rings. The van der Waals surface area contributed by atoms with Crippen LogP contribution in [-0.4, -0.2) is 37.9 Å². The zero-order valence-corrected chi connectivity index (χ0v) is 11.5. The maximum Gasteiger partial charge on any atom is 0.138 e. The molecule has 1 aliphatic carbocycles. The van der Waals surface area contributed by atoms with Gasteiger partial charge in [0.05, 0.1) is 6.20 Å². The molecule has 0 aromatic carbocycles. The van der Waals surface area contributed by atoms with Crippen molar-refractivity contribution >= 4 is 0 Å². The summed E-state index contributed by atoms with van der Waals surface area (Å²) in [6.45, 7) is 2.86. The molecule has 0 radical (unpaired) electrons. The van der Waals surface area contributed by atoms with Gasteiger partial charge in [0.15, 0.2) is 0 Å². The van der Waals surface area contributed by atoms with Gasteiger partial charge in [-0.05, 0) is 49.3 Å². The average Bonchev–Trinajstić information content (AvgIpc) is 3.04. The highest BCUT2D eigenvalue weighted by Gasteiger charge is 2.38. The van der Waals surface area contributed by atoms with Crippen LogP contribution in [0.25, 0.3) is 0 Å². The molecule has 4 heteroatoms. The Hall–Kier alpha value is -1.13. The lowest BCUT2D eigenvalue weighted by atomic mass is 10.1. The number of aromatic nitrogens is 1. The molecular weight excluding hydrogens is 240 g/mol. The van der Waals surface area contributed by atoms with E-state index in [0.29, 0.717) is 12.0 Å². The highest BCUT2D eigenvalue weighted by Crippen LogP contribution is 2.49. The van der Waals surface area contributed by atoms with Crippen molar-refractivity contribution in [3.63, 3.8) is 0 Å². The number of hydrogen-bond acceptors (Lipinski definition) is 4. The molecule has 3 atom stereocenters. The summed E-state index contributed by atoms with van der Waals surface area (Å²) in [7, 11) is 1.77. The van der Waals surface area contributed by atoms with Gasteiger partial charge < -0.3 is 14.8 Å². The standard InChI is InChI=1S/C15H22N2O2/c1-18-5-3-11-7-15(11)12-6-14(10-17-8-12)19-13-2-4-16-9-13/h6,8,10-11,13,15-16H,2-5,7,9H2,1H3/t11-,13+,15-/m0/s1. The summed E-state index contributed by atoms with van der Waals surface area (Å²) in [5.41, 5.74) is 1.32. The second-order valence-corrected chi connectivity index (χ2v) is 5.57. The molecule has 1 saturated carbocycles. The summed E-state index contributed by atoms with van der Waals surface area (Å²) in [6.07, 6.45) is 7.62. The Morgan fingerprint density at radius 1 is 1.42 bits per heavy atom. The van der Waals surface area contributed by atoms with Crippen LogP contribution in [0.4, 0.5) is 0 Å². The Kier molecular flexibility index (Phi) is 3.99. The monoisotopic (exact) mass is 262 g/mol. The van der Waals surface area contributed by atoms with Crippen LogP contribution in [0.3, 0.4) is 0 Å². The van der Waals surface area contributed by atoms with Gasteiger partial charge in [-0.15, -0.1) is 0 Å². The van der Waals surface area contributed by atoms with Crippen molar-refractivity contribution in [3.8, 4) is 5.75 Å². The number of rotatable bonds is 6. The van der Waals surface area contributed by atoms with Crippen molar-refractivity contribution in [2.24, 2.45) is 5.92 Å². The van der Waals surface area contributed by atoms with Crippen LogP contribution in [0.5, 0.6) is 5.75 Å². The molecular formula is C15H22N2O2. The fourth-order valence-corrected chi connectivity index (χ4v) is 2.87. The summed E-state index contributed by atoms with van der Waals surface area (Å²) < 4.78 is 11.1. The molecule has 4 nitrogen and oxygen atoms in total. The Labute approximate surface area is 114 Å². The number of hydrogen-bond donors (Lipinski definition) is 1. The van der Waals surface area contributed by atoms with Gasteiger partial charge in [0.2, 0.25) is 0 Å². The summed E-state index contributed by atoms with van der Waals surface area (Å²) in [6, 6.07) is 2.17. The minimum atomic E-state index is 0.306. The van der Waals surface area contributed by atoms with Crippen molar-refractivity contribution < 1.29 is 9.47 Å². The number of pyridine rings is 1. The van der Waals surface area contributed by atoms with Crippen LogP contribution in [0.2, 0.25) is 0 Å². The van der Waals surface area contributed by atoms with Crippen LogP contribution >= 0.6 is 0 Å². The molecule has 0 amide bonds. The topological polar surface area (TPSA) is 43.4 Å². The first-order chi connectivity index (χ1) is 9.36. The molecule has 0 unspecified atom stereocenters. The molecule has 0 bridgehead atoms. The average molecular weight is 262 g/mol. The van der Waals surface area contributed by atoms with E-state index in [-0.39, 0.29) is 0 Å². The zero-order chi connectivity index (χ0) is 13.1. The van der Waals surface area contributed by atoms with E-state index in [9.17, 15) is 0 Å². The smallest absolute Gasteiger partial charge is 0.138 e. The van der Waals surface area contributed by atoms with Gasteiger partial charge in [-0.1, -0.05) is 0 Å². The van der Waals surface area contributed by atoms with E-state index in [4.69, 9.17) is 9.47 Å². The third-order valence-electron chi connectivity index (χ3n) is 4.10. The predicted octanol–water partition coefficient (Wildman–Crippen LogP) is 1.96. The van der Waals surface area contributed by atoms with Gasteiger partial charge in [0, 0.05) is 26.5 Å². The quantitative estimate of drug-likeness (QED) is 0.851. The predicted molar refractivity (Wildman–Crippen MR) is 73.5 cm³/mol. The normalized spacial score (nSPS) is 29.4. The van der Waals surface area contributed by atoms with Crippen LogP contribution in [0.15, 0.2) is 18.5 Å². The van der Waals surface area contributed by atoms with Gasteiger partial charge in [0.1, 0.15) is 11.9 Å². The van der Waals surface area contributed by atoms with Crippen molar-refractivity contribution in [1.82, 2.24) is 10.3 Å². The molecule has 3 rings (SSSR count). The van der Waals surface area contributed by atoms with Crippen molar-refractivity contribution in [2.75, 3.05) is 26.8 Å². The number of nitrogens with zero attached hydrogens (tertiary/aromatic N) is 1. The molecule has 1 saturated heterocycles. The molecule has 0 spiro atoms. The molecule has 2 fully saturated rings. The van der Waals surface area contributed by atoms with Crippen LogP contribution < -0.4 is 10.1 Å². The Morgan fingerprint density at radius 2 is 2.37 bits per heavy atom. The lowest BCUT2D eigenvalue weighted by Gasteiger charge is -2.12. The van der Waals surface area contributed by atoms with Crippen molar-refractivity contribution in [2.45, 2.75) is 31.3 Å². The minimum absolute atomic E-state index is 0.306. The number of methoxy groups -OCH3 is 1. The fraction of sp³-hybridized carbons (Fsp3) is 0.667. The second kappa shape index (κ2) is 5.88. The molecule has 2 heterocycles. The van der Waals surface area contributed by atoms with E-state index >= 15 is 0 Å². The second-order valence-electron chi connectivity index (χ2n) is 5.57. The van der Waals surface area contributed by atoms with Gasteiger partial charge in [-0.3, -0.25) is 4.98 Å². The maximum absolute atomic E-state index is 5.96. The zero-order valence-electron chi connectivity index (χ0n) is 11.5. The fourth-order valence-electron chi connectivity index (χ4n) is 2.87. The third kappa shape index (κ3) is 3.25. The summed E-state index contributed by atoms with van der Waals surface area (Å²) in [4.78, 5) is 4.33. The number of ether oxygens (including phenoxy) is 2. The van der Waals surface area contributed by atoms with Crippen molar-refractivity contribution in [1.29, 1.82) is 0 Å². The third-order valence-corrected chi connectivity index (χ3v) is 4.10. The van der Waals surface area contributed by atoms with Crippen LogP contribution in [0, 0.1) is 5.92 Å². The van der Waals surface area contributed by atoms with Gasteiger partial charge in [-0.25, -0.2) is 0 Å². The highest BCUT2D eigenvalue weighted by molar-refractivity contribution is 5.30. The van der Waals surface area contributed by atoms with Gasteiger partial charge >= 0.3 is 0 Å². The van der Waals surface area contributed by atoms with Gasteiger partial charge in [-0.2, -0.15) is 0 Å². The SMILES string of the molecule is COCC[C@H]1C[C@@H]1c1cncc(O[C@@H]2CCNC2)c1. The minimum Gasteiger partial charge on any atom is -0.487 e. The van der Waals surface area contributed by atoms with E-state index in [1.54, 1.807) is 7.11 Å². The molecule has 2 aliphatic rings. The van der Waals surface area contributed by atoms with E-state index in [0.717, 1.165) is 44.2 Å². The summed E-state index contributed by atoms with van der Waals surface area (Å²) in [5, 5.41) is 3.31. The van der Waals surface area contributed by atoms with Crippen LogP contribution in [0.1, 0.15) is 30.7 Å². The largest absolute Gasteiger partial charge is 0.487 e. The first-order valence-corrected chi connectivity index (χ1v) is 7.18. The number of nitrogens with one attached hydrogen (secondary N) is 1. The first kappa shape index (κ1) is 12.9. The van der Waals surface area contributed by atoms with Gasteiger partial charge in [0.25, 0.3) is 0 Å². The molecule has 1 aliphatic heterocycles.